The van der Waals surface area contributed by atoms with Gasteiger partial charge in [0.1, 0.15) is 0 Å². The number of nitrogens with two attached hydrogens (primary N) is 1. The van der Waals surface area contributed by atoms with Gasteiger partial charge in [-0.3, -0.25) is 0 Å². The number of hydrogen-bond donors (Lipinski definition) is 2. The molecule has 2 fully saturated rings. The molecule has 2 unspecified atom stereocenters. The van der Waals surface area contributed by atoms with Gasteiger partial charge in [0.2, 0.25) is 0 Å². The highest BCUT2D eigenvalue weighted by molar-refractivity contribution is 5.76. The van der Waals surface area contributed by atoms with Gasteiger partial charge in [0.25, 0.3) is 0 Å². The van der Waals surface area contributed by atoms with Crippen LogP contribution in [0.2, 0.25) is 0 Å². The Morgan fingerprint density at radius 1 is 1.44 bits per heavy atom. The number of urea groups is 1. The molecule has 18 heavy (non-hydrogen) atoms. The molecule has 2 heterocycles. The van der Waals surface area contributed by atoms with Crippen molar-refractivity contribution in [2.24, 2.45) is 11.7 Å². The average Bonchev–Trinajstić information content (AvgIpc) is 2.81. The second-order valence-corrected chi connectivity index (χ2v) is 6.55. The molecule has 104 valence electrons. The van der Waals surface area contributed by atoms with E-state index >= 15 is 0 Å². The molecule has 0 aromatic heterocycles. The van der Waals surface area contributed by atoms with Crippen molar-refractivity contribution in [3.8, 4) is 0 Å². The molecule has 0 saturated carbocycles. The third kappa shape index (κ3) is 3.36. The number of likely N-dealkylation sites (tertiary alicyclic amines) is 1. The third-order valence-corrected chi connectivity index (χ3v) is 4.04. The number of carbonyl (C=O) groups is 1. The number of carbonyl (C=O) groups excluding carboxylic acids is 1. The Labute approximate surface area is 110 Å². The van der Waals surface area contributed by atoms with Crippen molar-refractivity contribution in [1.29, 1.82) is 0 Å². The molecule has 0 bridgehead atoms. The minimum absolute atomic E-state index is 0.0822. The summed E-state index contributed by atoms with van der Waals surface area (Å²) in [6.07, 6.45) is 2.04. The van der Waals surface area contributed by atoms with Gasteiger partial charge in [-0.25, -0.2) is 4.79 Å². The molecule has 2 amide bonds. The SMILES string of the molecule is CN1CCC(C2CN(CCC(C)(C)N)C(=O)N2)C1. The Balaban J connectivity index is 1.83. The summed E-state index contributed by atoms with van der Waals surface area (Å²) in [5.41, 5.74) is 5.77. The highest BCUT2D eigenvalue weighted by Crippen LogP contribution is 2.22. The van der Waals surface area contributed by atoms with Crippen molar-refractivity contribution in [2.45, 2.75) is 38.3 Å². The first-order valence-corrected chi connectivity index (χ1v) is 6.88. The first-order chi connectivity index (χ1) is 8.35. The zero-order valence-corrected chi connectivity index (χ0v) is 11.8. The summed E-state index contributed by atoms with van der Waals surface area (Å²) in [5.74, 6) is 0.606. The summed E-state index contributed by atoms with van der Waals surface area (Å²) in [6.45, 7) is 7.85. The first-order valence-electron chi connectivity index (χ1n) is 6.88. The molecule has 2 rings (SSSR count). The van der Waals surface area contributed by atoms with E-state index in [2.05, 4.69) is 17.3 Å². The van der Waals surface area contributed by atoms with Gasteiger partial charge in [0.15, 0.2) is 0 Å². The highest BCUT2D eigenvalue weighted by Gasteiger charge is 2.36. The third-order valence-electron chi connectivity index (χ3n) is 4.04. The average molecular weight is 254 g/mol. The summed E-state index contributed by atoms with van der Waals surface area (Å²) < 4.78 is 0. The zero-order valence-electron chi connectivity index (χ0n) is 11.8. The lowest BCUT2D eigenvalue weighted by Gasteiger charge is -2.23. The van der Waals surface area contributed by atoms with Gasteiger partial charge in [-0.15, -0.1) is 0 Å². The van der Waals surface area contributed by atoms with Crippen LogP contribution in [0.5, 0.6) is 0 Å². The molecular formula is C13H26N4O. The van der Waals surface area contributed by atoms with Gasteiger partial charge >= 0.3 is 6.03 Å². The van der Waals surface area contributed by atoms with E-state index in [1.54, 1.807) is 0 Å². The molecule has 5 nitrogen and oxygen atoms in total. The molecular weight excluding hydrogens is 228 g/mol. The van der Waals surface area contributed by atoms with Crippen LogP contribution in [0.1, 0.15) is 26.7 Å². The molecule has 0 radical (unpaired) electrons. The lowest BCUT2D eigenvalue weighted by Crippen LogP contribution is -2.38. The van der Waals surface area contributed by atoms with E-state index in [1.807, 2.05) is 18.7 Å². The molecule has 2 atom stereocenters. The monoisotopic (exact) mass is 254 g/mol. The number of nitrogens with zero attached hydrogens (tertiary/aromatic N) is 2. The predicted molar refractivity (Wildman–Crippen MR) is 72.4 cm³/mol. The Kier molecular flexibility index (Phi) is 3.82. The quantitative estimate of drug-likeness (QED) is 0.766. The summed E-state index contributed by atoms with van der Waals surface area (Å²) in [4.78, 5) is 16.2. The standard InChI is InChI=1S/C13H26N4O/c1-13(2,14)5-7-17-9-11(15-12(17)18)10-4-6-16(3)8-10/h10-11H,4-9,14H2,1-3H3,(H,15,18). The number of hydrogen-bond acceptors (Lipinski definition) is 3. The van der Waals surface area contributed by atoms with Crippen LogP contribution in [0.25, 0.3) is 0 Å². The van der Waals surface area contributed by atoms with E-state index in [0.717, 1.165) is 32.6 Å². The predicted octanol–water partition coefficient (Wildman–Crippen LogP) is 0.459. The second kappa shape index (κ2) is 5.05. The van der Waals surface area contributed by atoms with E-state index in [0.29, 0.717) is 12.0 Å². The Morgan fingerprint density at radius 2 is 2.17 bits per heavy atom. The maximum atomic E-state index is 11.9. The van der Waals surface area contributed by atoms with Gasteiger partial charge in [-0.2, -0.15) is 0 Å². The molecule has 0 aliphatic carbocycles. The maximum absolute atomic E-state index is 11.9. The Morgan fingerprint density at radius 3 is 2.72 bits per heavy atom. The molecule has 0 aromatic rings. The van der Waals surface area contributed by atoms with Crippen LogP contribution in [-0.2, 0) is 0 Å². The van der Waals surface area contributed by atoms with Gasteiger partial charge in [0, 0.05) is 25.2 Å². The molecule has 5 heteroatoms. The van der Waals surface area contributed by atoms with E-state index < -0.39 is 0 Å². The van der Waals surface area contributed by atoms with Crippen LogP contribution in [0, 0.1) is 5.92 Å². The minimum atomic E-state index is -0.202. The number of amides is 2. The van der Waals surface area contributed by atoms with Crippen LogP contribution in [0.4, 0.5) is 4.79 Å². The number of nitrogens with one attached hydrogen (secondary N) is 1. The van der Waals surface area contributed by atoms with Crippen LogP contribution >= 0.6 is 0 Å². The smallest absolute Gasteiger partial charge is 0.317 e. The van der Waals surface area contributed by atoms with Crippen molar-refractivity contribution in [2.75, 3.05) is 33.2 Å². The fourth-order valence-electron chi connectivity index (χ4n) is 2.80. The number of rotatable bonds is 4. The summed E-state index contributed by atoms with van der Waals surface area (Å²) in [5, 5.41) is 3.12. The molecule has 0 spiro atoms. The Hall–Kier alpha value is -0.810. The largest absolute Gasteiger partial charge is 0.333 e. The lowest BCUT2D eigenvalue weighted by atomic mass is 9.99. The van der Waals surface area contributed by atoms with E-state index in [1.165, 1.54) is 6.42 Å². The maximum Gasteiger partial charge on any atom is 0.317 e. The van der Waals surface area contributed by atoms with E-state index in [-0.39, 0.29) is 11.6 Å². The van der Waals surface area contributed by atoms with Crippen molar-refractivity contribution >= 4 is 6.03 Å². The van der Waals surface area contributed by atoms with Crippen molar-refractivity contribution < 1.29 is 4.79 Å². The van der Waals surface area contributed by atoms with E-state index in [9.17, 15) is 4.79 Å². The summed E-state index contributed by atoms with van der Waals surface area (Å²) in [7, 11) is 2.14. The molecule has 0 aromatic carbocycles. The molecule has 2 aliphatic rings. The highest BCUT2D eigenvalue weighted by atomic mass is 16.2. The molecule has 2 saturated heterocycles. The normalized spacial score (nSPS) is 30.0. The zero-order chi connectivity index (χ0) is 13.3. The first kappa shape index (κ1) is 13.6. The minimum Gasteiger partial charge on any atom is -0.333 e. The fraction of sp³-hybridized carbons (Fsp3) is 0.923. The van der Waals surface area contributed by atoms with Crippen LogP contribution in [0.3, 0.4) is 0 Å². The van der Waals surface area contributed by atoms with Crippen LogP contribution < -0.4 is 11.1 Å². The summed E-state index contributed by atoms with van der Waals surface area (Å²) in [6, 6.07) is 0.405. The van der Waals surface area contributed by atoms with Crippen molar-refractivity contribution in [1.82, 2.24) is 15.1 Å². The topological polar surface area (TPSA) is 61.6 Å². The van der Waals surface area contributed by atoms with Gasteiger partial charge < -0.3 is 20.9 Å². The van der Waals surface area contributed by atoms with E-state index in [4.69, 9.17) is 5.73 Å². The van der Waals surface area contributed by atoms with Crippen molar-refractivity contribution in [3.05, 3.63) is 0 Å². The second-order valence-electron chi connectivity index (χ2n) is 6.55. The van der Waals surface area contributed by atoms with Gasteiger partial charge in [-0.1, -0.05) is 0 Å². The van der Waals surface area contributed by atoms with Crippen LogP contribution in [-0.4, -0.2) is 60.6 Å². The Bertz CT molecular complexity index is 313. The van der Waals surface area contributed by atoms with Crippen molar-refractivity contribution in [3.63, 3.8) is 0 Å². The summed E-state index contributed by atoms with van der Waals surface area (Å²) >= 11 is 0. The van der Waals surface area contributed by atoms with Gasteiger partial charge in [-0.05, 0) is 46.2 Å². The molecule has 2 aliphatic heterocycles. The van der Waals surface area contributed by atoms with Crippen LogP contribution in [0.15, 0.2) is 0 Å². The fourth-order valence-corrected chi connectivity index (χ4v) is 2.80. The van der Waals surface area contributed by atoms with Gasteiger partial charge in [0.05, 0.1) is 6.04 Å². The lowest BCUT2D eigenvalue weighted by molar-refractivity contribution is 0.213. The molecule has 3 N–H and O–H groups in total.